The summed E-state index contributed by atoms with van der Waals surface area (Å²) in [5.74, 6) is -1.00. The monoisotopic (exact) mass is 625 g/mol. The fraction of sp³-hybridized carbons (Fsp3) is 0.172. The topological polar surface area (TPSA) is 64.6 Å². The number of hydrogen-bond donors (Lipinski definition) is 1. The third-order valence-electron chi connectivity index (χ3n) is 6.39. The Morgan fingerprint density at radius 1 is 1.03 bits per heavy atom. The lowest BCUT2D eigenvalue weighted by Gasteiger charge is -2.29. The van der Waals surface area contributed by atoms with E-state index in [1.807, 2.05) is 37.3 Å². The SMILES string of the molecule is CCOC(=O)C1=C(C)NC2=C(C(=O)c3ccccc32)[C@H]1c1cc(Br)c(OCc2ccc(F)cc2)c(Br)c1. The summed E-state index contributed by atoms with van der Waals surface area (Å²) in [7, 11) is 0. The maximum atomic E-state index is 13.6. The summed E-state index contributed by atoms with van der Waals surface area (Å²) < 4.78 is 25.9. The number of ether oxygens (including phenoxy) is 2. The van der Waals surface area contributed by atoms with Gasteiger partial charge in [0.15, 0.2) is 5.78 Å². The second kappa shape index (κ2) is 10.3. The third kappa shape index (κ3) is 4.64. The normalized spacial score (nSPS) is 16.4. The zero-order valence-electron chi connectivity index (χ0n) is 20.0. The molecular formula is C29H22Br2FNO4. The van der Waals surface area contributed by atoms with Gasteiger partial charge in [0.05, 0.1) is 26.8 Å². The van der Waals surface area contributed by atoms with Crippen LogP contribution < -0.4 is 10.1 Å². The van der Waals surface area contributed by atoms with Gasteiger partial charge in [-0.05, 0) is 81.1 Å². The summed E-state index contributed by atoms with van der Waals surface area (Å²) in [6.07, 6.45) is 0. The van der Waals surface area contributed by atoms with Gasteiger partial charge in [-0.1, -0.05) is 36.4 Å². The first-order valence-electron chi connectivity index (χ1n) is 11.7. The van der Waals surface area contributed by atoms with E-state index in [0.29, 0.717) is 42.8 Å². The van der Waals surface area contributed by atoms with Gasteiger partial charge >= 0.3 is 5.97 Å². The summed E-state index contributed by atoms with van der Waals surface area (Å²) in [6, 6.07) is 17.2. The fourth-order valence-electron chi connectivity index (χ4n) is 4.76. The van der Waals surface area contributed by atoms with E-state index in [2.05, 4.69) is 37.2 Å². The standard InChI is InChI=1S/C29H22Br2FNO4/c1-3-36-29(35)23-15(2)33-26-19-6-4-5-7-20(19)27(34)25(26)24(23)17-12-21(30)28(22(31)13-17)37-14-16-8-10-18(32)11-9-16/h4-13,24,33H,3,14H2,1-2H3/t24-/m0/s1. The molecule has 1 N–H and O–H groups in total. The van der Waals surface area contributed by atoms with Crippen LogP contribution in [0.15, 0.2) is 86.5 Å². The van der Waals surface area contributed by atoms with Crippen molar-refractivity contribution in [2.45, 2.75) is 26.4 Å². The molecule has 3 aromatic carbocycles. The lowest BCUT2D eigenvalue weighted by molar-refractivity contribution is -0.138. The maximum Gasteiger partial charge on any atom is 0.336 e. The number of carbonyl (C=O) groups is 2. The summed E-state index contributed by atoms with van der Waals surface area (Å²) in [5, 5.41) is 3.30. The molecule has 0 saturated carbocycles. The minimum absolute atomic E-state index is 0.124. The van der Waals surface area contributed by atoms with Crippen molar-refractivity contribution in [1.82, 2.24) is 5.32 Å². The highest BCUT2D eigenvalue weighted by Gasteiger charge is 2.43. The van der Waals surface area contributed by atoms with Gasteiger partial charge < -0.3 is 14.8 Å². The molecule has 8 heteroatoms. The minimum Gasteiger partial charge on any atom is -0.487 e. The van der Waals surface area contributed by atoms with Crippen LogP contribution in [-0.2, 0) is 16.1 Å². The Hall–Kier alpha value is -3.23. The molecule has 0 radical (unpaired) electrons. The van der Waals surface area contributed by atoms with Crippen LogP contribution in [0.25, 0.3) is 5.70 Å². The summed E-state index contributed by atoms with van der Waals surface area (Å²) in [6.45, 7) is 4.02. The molecule has 0 amide bonds. The number of benzene rings is 3. The number of rotatable bonds is 6. The van der Waals surface area contributed by atoms with Gasteiger partial charge in [0.2, 0.25) is 0 Å². The van der Waals surface area contributed by atoms with E-state index < -0.39 is 11.9 Å². The molecular weight excluding hydrogens is 605 g/mol. The summed E-state index contributed by atoms with van der Waals surface area (Å²) >= 11 is 7.21. The first-order chi connectivity index (χ1) is 17.8. The molecule has 37 heavy (non-hydrogen) atoms. The molecule has 0 saturated heterocycles. The smallest absolute Gasteiger partial charge is 0.336 e. The van der Waals surface area contributed by atoms with Crippen LogP contribution in [-0.4, -0.2) is 18.4 Å². The molecule has 0 fully saturated rings. The first-order valence-corrected chi connectivity index (χ1v) is 13.3. The molecule has 0 unspecified atom stereocenters. The summed E-state index contributed by atoms with van der Waals surface area (Å²) in [5.41, 5.74) is 5.19. The van der Waals surface area contributed by atoms with E-state index in [1.54, 1.807) is 25.1 Å². The summed E-state index contributed by atoms with van der Waals surface area (Å²) in [4.78, 5) is 26.8. The highest BCUT2D eigenvalue weighted by atomic mass is 79.9. The number of Topliss-reactive ketones (excluding diaryl/α,β-unsaturated/α-hetero) is 1. The zero-order chi connectivity index (χ0) is 26.3. The minimum atomic E-state index is -0.644. The number of dihydropyridines is 1. The Morgan fingerprint density at radius 3 is 2.32 bits per heavy atom. The molecule has 1 atom stereocenters. The van der Waals surface area contributed by atoms with Crippen LogP contribution >= 0.6 is 31.9 Å². The maximum absolute atomic E-state index is 13.6. The Bertz CT molecular complexity index is 1470. The molecule has 5 nitrogen and oxygen atoms in total. The van der Waals surface area contributed by atoms with Crippen LogP contribution in [0.2, 0.25) is 0 Å². The number of fused-ring (bicyclic) bond motifs is 2. The lowest BCUT2D eigenvalue weighted by atomic mass is 9.80. The van der Waals surface area contributed by atoms with Crippen molar-refractivity contribution in [2.24, 2.45) is 0 Å². The Kier molecular flexibility index (Phi) is 7.05. The van der Waals surface area contributed by atoms with Gasteiger partial charge in [-0.2, -0.15) is 0 Å². The molecule has 1 aliphatic carbocycles. The molecule has 1 aliphatic heterocycles. The Balaban J connectivity index is 1.57. The van der Waals surface area contributed by atoms with Crippen molar-refractivity contribution in [3.63, 3.8) is 0 Å². The molecule has 2 aliphatic rings. The lowest BCUT2D eigenvalue weighted by Crippen LogP contribution is -2.29. The molecule has 0 spiro atoms. The third-order valence-corrected chi connectivity index (χ3v) is 7.57. The highest BCUT2D eigenvalue weighted by molar-refractivity contribution is 9.11. The predicted octanol–water partition coefficient (Wildman–Crippen LogP) is 7.06. The molecule has 0 bridgehead atoms. The van der Waals surface area contributed by atoms with Crippen LogP contribution in [0.4, 0.5) is 4.39 Å². The van der Waals surface area contributed by atoms with Gasteiger partial charge in [-0.15, -0.1) is 0 Å². The largest absolute Gasteiger partial charge is 0.487 e. The number of ketones is 1. The van der Waals surface area contributed by atoms with Gasteiger partial charge in [-0.3, -0.25) is 4.79 Å². The quantitative estimate of drug-likeness (QED) is 0.297. The van der Waals surface area contributed by atoms with Gasteiger partial charge in [0.25, 0.3) is 0 Å². The number of allylic oxidation sites excluding steroid dienone is 2. The second-order valence-corrected chi connectivity index (χ2v) is 10.4. The van der Waals surface area contributed by atoms with Crippen molar-refractivity contribution in [3.05, 3.63) is 115 Å². The van der Waals surface area contributed by atoms with Crippen molar-refractivity contribution < 1.29 is 23.5 Å². The fourth-order valence-corrected chi connectivity index (χ4v) is 6.21. The predicted molar refractivity (Wildman–Crippen MR) is 145 cm³/mol. The van der Waals surface area contributed by atoms with E-state index in [4.69, 9.17) is 9.47 Å². The number of hydrogen-bond acceptors (Lipinski definition) is 5. The average Bonchev–Trinajstić information content (AvgIpc) is 3.15. The van der Waals surface area contributed by atoms with E-state index in [9.17, 15) is 14.0 Å². The van der Waals surface area contributed by atoms with Crippen molar-refractivity contribution in [2.75, 3.05) is 6.61 Å². The molecule has 1 heterocycles. The second-order valence-electron chi connectivity index (χ2n) is 8.71. The number of carbonyl (C=O) groups excluding carboxylic acids is 2. The van der Waals surface area contributed by atoms with Crippen molar-refractivity contribution in [1.29, 1.82) is 0 Å². The van der Waals surface area contributed by atoms with E-state index in [0.717, 1.165) is 16.7 Å². The number of esters is 1. The van der Waals surface area contributed by atoms with Gasteiger partial charge in [-0.25, -0.2) is 9.18 Å². The van der Waals surface area contributed by atoms with Gasteiger partial charge in [0.1, 0.15) is 18.2 Å². The van der Waals surface area contributed by atoms with Crippen molar-refractivity contribution in [3.8, 4) is 5.75 Å². The van der Waals surface area contributed by atoms with Crippen LogP contribution in [0.5, 0.6) is 5.75 Å². The molecule has 3 aromatic rings. The average molecular weight is 627 g/mol. The molecule has 5 rings (SSSR count). The first kappa shape index (κ1) is 25.4. The van der Waals surface area contributed by atoms with Gasteiger partial charge in [0, 0.05) is 28.3 Å². The van der Waals surface area contributed by atoms with E-state index in [-0.39, 0.29) is 24.8 Å². The highest BCUT2D eigenvalue weighted by Crippen LogP contribution is 2.48. The van der Waals surface area contributed by atoms with Crippen LogP contribution in [0.3, 0.4) is 0 Å². The Labute approximate surface area is 230 Å². The van der Waals surface area contributed by atoms with Crippen LogP contribution in [0.1, 0.15) is 46.8 Å². The van der Waals surface area contributed by atoms with Crippen molar-refractivity contribution >= 4 is 49.3 Å². The number of halogens is 3. The van der Waals surface area contributed by atoms with E-state index >= 15 is 0 Å². The van der Waals surface area contributed by atoms with E-state index in [1.165, 1.54) is 12.1 Å². The molecule has 188 valence electrons. The Morgan fingerprint density at radius 2 is 1.68 bits per heavy atom. The zero-order valence-corrected chi connectivity index (χ0v) is 23.2. The molecule has 0 aromatic heterocycles. The number of nitrogens with one attached hydrogen (secondary N) is 1. The van der Waals surface area contributed by atoms with Crippen LogP contribution in [0, 0.1) is 5.82 Å².